The van der Waals surface area contributed by atoms with Crippen LogP contribution in [0.4, 0.5) is 0 Å². The molecular formula is C50H56N10O3. The molecule has 13 heteroatoms. The van der Waals surface area contributed by atoms with E-state index in [1.165, 1.54) is 29.5 Å². The van der Waals surface area contributed by atoms with E-state index in [9.17, 15) is 9.59 Å². The molecule has 0 bridgehead atoms. The highest BCUT2D eigenvalue weighted by Gasteiger charge is 2.26. The maximum absolute atomic E-state index is 13.3. The number of carboxylic acid groups (broad SMARTS) is 1. The van der Waals surface area contributed by atoms with Crippen LogP contribution in [0.3, 0.4) is 0 Å². The normalized spacial score (nSPS) is 14.6. The summed E-state index contributed by atoms with van der Waals surface area (Å²) in [6.45, 7) is 15.7. The van der Waals surface area contributed by atoms with E-state index in [1.807, 2.05) is 93.2 Å². The number of H-pyrrole nitrogens is 2. The Hall–Kier alpha value is -6.86. The molecule has 2 aliphatic heterocycles. The summed E-state index contributed by atoms with van der Waals surface area (Å²) in [5.74, 6) is 2.11. The quantitative estimate of drug-likeness (QED) is 0.129. The first-order valence-electron chi connectivity index (χ1n) is 21.8. The molecule has 324 valence electrons. The molecule has 10 rings (SSSR count). The minimum absolute atomic E-state index is 0.107. The minimum atomic E-state index is -0.920. The standard InChI is InChI=1S/C25H27N5O.C13H14N2O2.C12H15N3/c1-16-4-5-21(13-23(16)24-17(2)27-18(3)28-24)25(31)29-9-6-19(7-10-29)20-8-11-30-15-26-14-22(30)12-20;1-7-4-5-10(13(16)17)6-11(7)12-8(2)14-9(3)15-12;1-4-13-5-2-10(1)11-3-6-15-9-14-8-12(15)7-11/h4-5,8,11-15,19H,6-7,9-10H2,1-3H3,(H,27,28);4-6H,1-3H3,(H,14,15)(H,16,17);3,6-10,13H,1-2,4-5H2. The molecule has 0 saturated carbocycles. The van der Waals surface area contributed by atoms with Crippen LogP contribution in [-0.4, -0.2) is 86.8 Å². The highest BCUT2D eigenvalue weighted by atomic mass is 16.4. The Morgan fingerprint density at radius 3 is 1.57 bits per heavy atom. The van der Waals surface area contributed by atoms with Gasteiger partial charge in [-0.3, -0.25) is 4.79 Å². The first-order valence-corrected chi connectivity index (χ1v) is 21.8. The lowest BCUT2D eigenvalue weighted by atomic mass is 9.89. The molecule has 2 aromatic carbocycles. The molecule has 6 aromatic heterocycles. The number of amides is 1. The number of nitrogens with one attached hydrogen (secondary N) is 3. The van der Waals surface area contributed by atoms with Crippen molar-refractivity contribution in [3.63, 3.8) is 0 Å². The van der Waals surface area contributed by atoms with E-state index < -0.39 is 5.97 Å². The molecule has 0 spiro atoms. The van der Waals surface area contributed by atoms with Crippen LogP contribution in [0.1, 0.15) is 104 Å². The summed E-state index contributed by atoms with van der Waals surface area (Å²) in [5, 5.41) is 12.4. The molecule has 2 saturated heterocycles. The number of pyridine rings is 2. The van der Waals surface area contributed by atoms with Gasteiger partial charge in [0.25, 0.3) is 5.91 Å². The Morgan fingerprint density at radius 1 is 0.619 bits per heavy atom. The largest absolute Gasteiger partial charge is 0.478 e. The third kappa shape index (κ3) is 9.63. The number of aryl methyl sites for hydroxylation is 6. The molecule has 63 heavy (non-hydrogen) atoms. The summed E-state index contributed by atoms with van der Waals surface area (Å²) >= 11 is 0. The van der Waals surface area contributed by atoms with Crippen LogP contribution in [0.25, 0.3) is 33.5 Å². The predicted molar refractivity (Wildman–Crippen MR) is 247 cm³/mol. The van der Waals surface area contributed by atoms with Crippen molar-refractivity contribution in [3.05, 3.63) is 155 Å². The van der Waals surface area contributed by atoms with Gasteiger partial charge in [-0.2, -0.15) is 0 Å². The molecule has 1 amide bonds. The van der Waals surface area contributed by atoms with E-state index in [4.69, 9.17) is 5.11 Å². The van der Waals surface area contributed by atoms with E-state index in [1.54, 1.807) is 12.1 Å². The van der Waals surface area contributed by atoms with Gasteiger partial charge in [-0.15, -0.1) is 0 Å². The number of nitrogens with zero attached hydrogens (tertiary/aromatic N) is 7. The Morgan fingerprint density at radius 2 is 1.10 bits per heavy atom. The molecule has 4 N–H and O–H groups in total. The number of hydrogen-bond acceptors (Lipinski definition) is 7. The summed E-state index contributed by atoms with van der Waals surface area (Å²) in [7, 11) is 0. The third-order valence-corrected chi connectivity index (χ3v) is 12.4. The van der Waals surface area contributed by atoms with Crippen LogP contribution >= 0.6 is 0 Å². The van der Waals surface area contributed by atoms with Crippen LogP contribution in [0.5, 0.6) is 0 Å². The summed E-state index contributed by atoms with van der Waals surface area (Å²) in [4.78, 5) is 50.0. The van der Waals surface area contributed by atoms with E-state index in [-0.39, 0.29) is 11.5 Å². The number of likely N-dealkylation sites (tertiary alicyclic amines) is 1. The molecular weight excluding hydrogens is 789 g/mol. The molecule has 13 nitrogen and oxygen atoms in total. The second-order valence-electron chi connectivity index (χ2n) is 16.9. The maximum Gasteiger partial charge on any atom is 0.335 e. The van der Waals surface area contributed by atoms with E-state index >= 15 is 0 Å². The molecule has 8 aromatic rings. The number of carboxylic acids is 1. The fraction of sp³-hybridized carbons (Fsp3) is 0.320. The number of benzene rings is 2. The Balaban J connectivity index is 0.000000143. The van der Waals surface area contributed by atoms with E-state index in [2.05, 4.69) is 83.2 Å². The van der Waals surface area contributed by atoms with Gasteiger partial charge in [0, 0.05) is 53.6 Å². The van der Waals surface area contributed by atoms with Gasteiger partial charge in [0.1, 0.15) is 11.6 Å². The van der Waals surface area contributed by atoms with Crippen molar-refractivity contribution < 1.29 is 14.7 Å². The lowest BCUT2D eigenvalue weighted by Gasteiger charge is -2.32. The van der Waals surface area contributed by atoms with Crippen molar-refractivity contribution >= 4 is 22.9 Å². The lowest BCUT2D eigenvalue weighted by Crippen LogP contribution is -2.38. The second-order valence-corrected chi connectivity index (χ2v) is 16.9. The fourth-order valence-electron chi connectivity index (χ4n) is 8.90. The molecule has 0 unspecified atom stereocenters. The van der Waals surface area contributed by atoms with Gasteiger partial charge in [0.2, 0.25) is 0 Å². The van der Waals surface area contributed by atoms with Gasteiger partial charge in [-0.05, 0) is 163 Å². The maximum atomic E-state index is 13.3. The molecule has 8 heterocycles. The number of hydrogen-bond donors (Lipinski definition) is 4. The number of aromatic nitrogens is 8. The van der Waals surface area contributed by atoms with Crippen LogP contribution in [0.15, 0.2) is 98.1 Å². The Bertz CT molecular complexity index is 2890. The zero-order chi connectivity index (χ0) is 44.2. The summed E-state index contributed by atoms with van der Waals surface area (Å²) in [5.41, 5.74) is 13.9. The smallest absolute Gasteiger partial charge is 0.335 e. The van der Waals surface area contributed by atoms with Crippen LogP contribution < -0.4 is 5.32 Å². The van der Waals surface area contributed by atoms with Gasteiger partial charge in [-0.25, -0.2) is 24.7 Å². The highest BCUT2D eigenvalue weighted by molar-refractivity contribution is 5.96. The first kappa shape index (κ1) is 42.8. The van der Waals surface area contributed by atoms with Crippen molar-refractivity contribution in [2.45, 2.75) is 79.1 Å². The number of fused-ring (bicyclic) bond motifs is 2. The zero-order valence-electron chi connectivity index (χ0n) is 36.9. The first-order chi connectivity index (χ1) is 30.4. The predicted octanol–water partition coefficient (Wildman–Crippen LogP) is 9.17. The van der Waals surface area contributed by atoms with Gasteiger partial charge in [-0.1, -0.05) is 12.1 Å². The van der Waals surface area contributed by atoms with Crippen LogP contribution in [-0.2, 0) is 0 Å². The molecule has 0 radical (unpaired) electrons. The second kappa shape index (κ2) is 18.6. The topological polar surface area (TPSA) is 162 Å². The molecule has 2 fully saturated rings. The van der Waals surface area contributed by atoms with Gasteiger partial charge >= 0.3 is 5.97 Å². The lowest BCUT2D eigenvalue weighted by molar-refractivity contribution is 0.0693. The number of carbonyl (C=O) groups is 2. The van der Waals surface area contributed by atoms with Crippen molar-refractivity contribution in [1.29, 1.82) is 0 Å². The van der Waals surface area contributed by atoms with Crippen LogP contribution in [0, 0.1) is 41.5 Å². The van der Waals surface area contributed by atoms with Gasteiger partial charge < -0.3 is 34.1 Å². The molecule has 2 aliphatic rings. The van der Waals surface area contributed by atoms with E-state index in [0.717, 1.165) is 113 Å². The van der Waals surface area contributed by atoms with Crippen molar-refractivity contribution in [2.75, 3.05) is 26.2 Å². The minimum Gasteiger partial charge on any atom is -0.478 e. The Kier molecular flexibility index (Phi) is 12.7. The van der Waals surface area contributed by atoms with E-state index in [0.29, 0.717) is 5.92 Å². The van der Waals surface area contributed by atoms with Gasteiger partial charge in [0.05, 0.1) is 53.0 Å². The number of piperidine rings is 2. The summed E-state index contributed by atoms with van der Waals surface area (Å²) in [6, 6.07) is 19.9. The number of aromatic carboxylic acids is 1. The Labute approximate surface area is 367 Å². The van der Waals surface area contributed by atoms with Crippen molar-refractivity contribution in [2.24, 2.45) is 0 Å². The van der Waals surface area contributed by atoms with Gasteiger partial charge in [0.15, 0.2) is 0 Å². The summed E-state index contributed by atoms with van der Waals surface area (Å²) < 4.78 is 4.09. The number of rotatable bonds is 6. The van der Waals surface area contributed by atoms with Crippen molar-refractivity contribution in [1.82, 2.24) is 48.9 Å². The monoisotopic (exact) mass is 844 g/mol. The number of carbonyl (C=O) groups excluding carboxylic acids is 1. The average Bonchev–Trinajstić information content (AvgIpc) is 4.11. The molecule has 0 atom stereocenters. The number of imidazole rings is 4. The third-order valence-electron chi connectivity index (χ3n) is 12.4. The van der Waals surface area contributed by atoms with Crippen LogP contribution in [0.2, 0.25) is 0 Å². The van der Waals surface area contributed by atoms with Crippen molar-refractivity contribution in [3.8, 4) is 22.5 Å². The summed E-state index contributed by atoms with van der Waals surface area (Å²) in [6.07, 6.45) is 16.1. The highest BCUT2D eigenvalue weighted by Crippen LogP contribution is 2.32. The average molecular weight is 845 g/mol. The zero-order valence-corrected chi connectivity index (χ0v) is 36.9. The molecule has 0 aliphatic carbocycles. The SMILES string of the molecule is Cc1nc(-c2cc(C(=O)N3CCC(c4ccn5cncc5c4)CC3)ccc2C)c(C)[nH]1.Cc1nc(-c2cc(C(=O)O)ccc2C)c(C)[nH]1.c1cn2cncc2cc1C1CCNCC1. The fourth-order valence-corrected chi connectivity index (χ4v) is 8.90. The number of aromatic amines is 2.